The zero-order valence-corrected chi connectivity index (χ0v) is 13.2. The summed E-state index contributed by atoms with van der Waals surface area (Å²) in [6, 6.07) is 6.54. The van der Waals surface area contributed by atoms with Gasteiger partial charge in [-0.05, 0) is 35.7 Å². The lowest BCUT2D eigenvalue weighted by Crippen LogP contribution is -2.49. The summed E-state index contributed by atoms with van der Waals surface area (Å²) in [6.45, 7) is 1.13. The summed E-state index contributed by atoms with van der Waals surface area (Å²) in [5.74, 6) is 0. The summed E-state index contributed by atoms with van der Waals surface area (Å²) in [5, 5.41) is 17.7. The lowest BCUT2D eigenvalue weighted by molar-refractivity contribution is 0.120. The molecule has 0 aliphatic heterocycles. The SMILES string of the molecule is OCC1(NCc2cc(-c3cccs3)cs2)CCCCC1. The van der Waals surface area contributed by atoms with Gasteiger partial charge in [0.1, 0.15) is 0 Å². The normalized spacial score (nSPS) is 18.2. The summed E-state index contributed by atoms with van der Waals surface area (Å²) in [5.41, 5.74) is 1.29. The Kier molecular flexibility index (Phi) is 4.56. The molecule has 2 aromatic heterocycles. The van der Waals surface area contributed by atoms with E-state index in [1.54, 1.807) is 11.3 Å². The average Bonchev–Trinajstić information content (AvgIpc) is 3.17. The molecular formula is C16H21NOS2. The van der Waals surface area contributed by atoms with Crippen LogP contribution in [0.1, 0.15) is 37.0 Å². The van der Waals surface area contributed by atoms with Crippen LogP contribution in [-0.4, -0.2) is 17.3 Å². The van der Waals surface area contributed by atoms with Crippen LogP contribution in [0.15, 0.2) is 29.0 Å². The highest BCUT2D eigenvalue weighted by Gasteiger charge is 2.30. The molecule has 4 heteroatoms. The molecule has 108 valence electrons. The minimum atomic E-state index is -0.0364. The molecule has 2 N–H and O–H groups in total. The molecule has 0 amide bonds. The lowest BCUT2D eigenvalue weighted by Gasteiger charge is -2.36. The van der Waals surface area contributed by atoms with E-state index in [0.29, 0.717) is 0 Å². The Hall–Kier alpha value is -0.680. The van der Waals surface area contributed by atoms with Crippen molar-refractivity contribution in [2.45, 2.75) is 44.2 Å². The number of aliphatic hydroxyl groups excluding tert-OH is 1. The maximum Gasteiger partial charge on any atom is 0.0613 e. The Morgan fingerprint density at radius 3 is 2.75 bits per heavy atom. The van der Waals surface area contributed by atoms with Crippen molar-refractivity contribution in [3.8, 4) is 10.4 Å². The molecule has 20 heavy (non-hydrogen) atoms. The number of nitrogens with one attached hydrogen (secondary N) is 1. The average molecular weight is 307 g/mol. The predicted octanol–water partition coefficient (Wildman–Crippen LogP) is 4.26. The van der Waals surface area contributed by atoms with Crippen LogP contribution < -0.4 is 5.32 Å². The van der Waals surface area contributed by atoms with Gasteiger partial charge in [0.15, 0.2) is 0 Å². The highest BCUT2D eigenvalue weighted by Crippen LogP contribution is 2.31. The smallest absolute Gasteiger partial charge is 0.0613 e. The molecule has 2 nitrogen and oxygen atoms in total. The molecule has 0 saturated heterocycles. The third-order valence-electron chi connectivity index (χ3n) is 4.21. The van der Waals surface area contributed by atoms with Gasteiger partial charge in [-0.15, -0.1) is 22.7 Å². The van der Waals surface area contributed by atoms with Crippen LogP contribution in [0.2, 0.25) is 0 Å². The standard InChI is InChI=1S/C16H21NOS2/c18-12-16(6-2-1-3-7-16)17-10-14-9-13(11-20-14)15-5-4-8-19-15/h4-5,8-9,11,17-18H,1-3,6-7,10,12H2. The lowest BCUT2D eigenvalue weighted by atomic mass is 9.82. The Morgan fingerprint density at radius 2 is 2.05 bits per heavy atom. The molecule has 1 saturated carbocycles. The van der Waals surface area contributed by atoms with Gasteiger partial charge in [-0.2, -0.15) is 0 Å². The second-order valence-corrected chi connectivity index (χ2v) is 7.58. The Balaban J connectivity index is 1.63. The summed E-state index contributed by atoms with van der Waals surface area (Å²) >= 11 is 3.59. The molecule has 1 aliphatic rings. The van der Waals surface area contributed by atoms with Gasteiger partial charge < -0.3 is 10.4 Å². The van der Waals surface area contributed by atoms with Crippen molar-refractivity contribution in [1.82, 2.24) is 5.32 Å². The third-order valence-corrected chi connectivity index (χ3v) is 6.07. The van der Waals surface area contributed by atoms with Crippen molar-refractivity contribution in [3.05, 3.63) is 33.8 Å². The largest absolute Gasteiger partial charge is 0.394 e. The molecule has 3 rings (SSSR count). The van der Waals surface area contributed by atoms with Crippen LogP contribution in [0.3, 0.4) is 0 Å². The molecule has 0 radical (unpaired) electrons. The van der Waals surface area contributed by atoms with Crippen LogP contribution in [0.4, 0.5) is 0 Å². The molecule has 2 heterocycles. The quantitative estimate of drug-likeness (QED) is 0.865. The van der Waals surface area contributed by atoms with Crippen molar-refractivity contribution in [1.29, 1.82) is 0 Å². The van der Waals surface area contributed by atoms with Crippen molar-refractivity contribution in [2.24, 2.45) is 0 Å². The summed E-state index contributed by atoms with van der Waals surface area (Å²) in [6.07, 6.45) is 5.99. The first kappa shape index (κ1) is 14.3. The van der Waals surface area contributed by atoms with Gasteiger partial charge >= 0.3 is 0 Å². The minimum Gasteiger partial charge on any atom is -0.394 e. The van der Waals surface area contributed by atoms with Gasteiger partial charge in [-0.25, -0.2) is 0 Å². The first-order valence-corrected chi connectivity index (χ1v) is 9.04. The summed E-state index contributed by atoms with van der Waals surface area (Å²) in [4.78, 5) is 2.69. The van der Waals surface area contributed by atoms with Gasteiger partial charge in [0, 0.05) is 27.4 Å². The number of hydrogen-bond donors (Lipinski definition) is 2. The van der Waals surface area contributed by atoms with Gasteiger partial charge in [0.25, 0.3) is 0 Å². The molecule has 1 aliphatic carbocycles. The van der Waals surface area contributed by atoms with Crippen LogP contribution >= 0.6 is 22.7 Å². The van der Waals surface area contributed by atoms with Crippen molar-refractivity contribution in [2.75, 3.05) is 6.61 Å². The Labute approximate surface area is 128 Å². The van der Waals surface area contributed by atoms with Crippen LogP contribution in [0.25, 0.3) is 10.4 Å². The van der Waals surface area contributed by atoms with E-state index in [9.17, 15) is 5.11 Å². The molecule has 1 fully saturated rings. The number of aliphatic hydroxyl groups is 1. The monoisotopic (exact) mass is 307 g/mol. The fourth-order valence-corrected chi connectivity index (χ4v) is 4.55. The number of thiophene rings is 2. The second kappa shape index (κ2) is 6.39. The minimum absolute atomic E-state index is 0.0364. The Morgan fingerprint density at radius 1 is 1.20 bits per heavy atom. The van der Waals surface area contributed by atoms with Gasteiger partial charge in [-0.3, -0.25) is 0 Å². The maximum absolute atomic E-state index is 9.72. The van der Waals surface area contributed by atoms with Crippen LogP contribution in [0, 0.1) is 0 Å². The molecule has 0 spiro atoms. The van der Waals surface area contributed by atoms with Crippen molar-refractivity contribution >= 4 is 22.7 Å². The highest BCUT2D eigenvalue weighted by molar-refractivity contribution is 7.14. The topological polar surface area (TPSA) is 32.3 Å². The summed E-state index contributed by atoms with van der Waals surface area (Å²) in [7, 11) is 0. The summed E-state index contributed by atoms with van der Waals surface area (Å²) < 4.78 is 0. The van der Waals surface area contributed by atoms with Gasteiger partial charge in [-0.1, -0.05) is 25.3 Å². The van der Waals surface area contributed by atoms with Crippen LogP contribution in [-0.2, 0) is 6.54 Å². The number of hydrogen-bond acceptors (Lipinski definition) is 4. The molecule has 0 bridgehead atoms. The van der Waals surface area contributed by atoms with Crippen molar-refractivity contribution in [3.63, 3.8) is 0 Å². The van der Waals surface area contributed by atoms with Crippen molar-refractivity contribution < 1.29 is 5.11 Å². The fourth-order valence-electron chi connectivity index (χ4n) is 2.94. The Bertz CT molecular complexity index is 526. The highest BCUT2D eigenvalue weighted by atomic mass is 32.1. The first-order valence-electron chi connectivity index (χ1n) is 7.29. The van der Waals surface area contributed by atoms with E-state index < -0.39 is 0 Å². The zero-order chi connectivity index (χ0) is 13.8. The molecule has 0 unspecified atom stereocenters. The van der Waals surface area contributed by atoms with E-state index in [2.05, 4.69) is 34.3 Å². The predicted molar refractivity (Wildman–Crippen MR) is 87.4 cm³/mol. The first-order chi connectivity index (χ1) is 9.81. The maximum atomic E-state index is 9.72. The molecule has 2 aromatic rings. The van der Waals surface area contributed by atoms with E-state index in [0.717, 1.165) is 19.4 Å². The van der Waals surface area contributed by atoms with E-state index in [4.69, 9.17) is 0 Å². The van der Waals surface area contributed by atoms with Gasteiger partial charge in [0.2, 0.25) is 0 Å². The van der Waals surface area contributed by atoms with Gasteiger partial charge in [0.05, 0.1) is 6.61 Å². The number of rotatable bonds is 5. The fraction of sp³-hybridized carbons (Fsp3) is 0.500. The van der Waals surface area contributed by atoms with E-state index in [1.165, 1.54) is 34.6 Å². The third kappa shape index (κ3) is 3.14. The molecule has 0 atom stereocenters. The van der Waals surface area contributed by atoms with Crippen LogP contribution in [0.5, 0.6) is 0 Å². The molecular weight excluding hydrogens is 286 g/mol. The zero-order valence-electron chi connectivity index (χ0n) is 11.6. The van der Waals surface area contributed by atoms with E-state index in [1.807, 2.05) is 11.3 Å². The van der Waals surface area contributed by atoms with E-state index in [-0.39, 0.29) is 12.1 Å². The second-order valence-electron chi connectivity index (χ2n) is 5.63. The van der Waals surface area contributed by atoms with E-state index >= 15 is 0 Å². The molecule has 0 aromatic carbocycles.